The zero-order chi connectivity index (χ0) is 13.1. The number of thiophene rings is 1. The van der Waals surface area contributed by atoms with Crippen LogP contribution >= 0.6 is 38.9 Å². The fraction of sp³-hybridized carbons (Fsp3) is 0.154. The molecule has 5 heteroatoms. The molecule has 1 heterocycles. The van der Waals surface area contributed by atoms with Crippen LogP contribution in [0.4, 0.5) is 0 Å². The first-order valence-corrected chi connectivity index (χ1v) is 7.36. The van der Waals surface area contributed by atoms with Crippen LogP contribution in [0.25, 0.3) is 0 Å². The monoisotopic (exact) mass is 343 g/mol. The number of carbonyl (C=O) groups excluding carboxylic acids is 1. The minimum atomic E-state index is -0.0978. The van der Waals surface area contributed by atoms with Gasteiger partial charge in [-0.05, 0) is 36.8 Å². The second kappa shape index (κ2) is 5.87. The van der Waals surface area contributed by atoms with Gasteiger partial charge in [0.25, 0.3) is 5.91 Å². The minimum absolute atomic E-state index is 0.0455. The Bertz CT molecular complexity index is 570. The molecule has 1 N–H and O–H groups in total. The third kappa shape index (κ3) is 3.34. The first kappa shape index (κ1) is 13.6. The number of halogens is 2. The smallest absolute Gasteiger partial charge is 0.261 e. The normalized spacial score (nSPS) is 12.2. The Labute approximate surface area is 123 Å². The van der Waals surface area contributed by atoms with Crippen molar-refractivity contribution in [2.45, 2.75) is 13.0 Å². The number of benzene rings is 1. The van der Waals surface area contributed by atoms with Crippen molar-refractivity contribution in [3.05, 3.63) is 55.6 Å². The molecular formula is C13H11BrClNOS. The Kier molecular flexibility index (Phi) is 4.43. The van der Waals surface area contributed by atoms with Crippen molar-refractivity contribution in [1.29, 1.82) is 0 Å². The minimum Gasteiger partial charge on any atom is -0.345 e. The van der Waals surface area contributed by atoms with Gasteiger partial charge in [-0.25, -0.2) is 0 Å². The molecule has 0 saturated heterocycles. The van der Waals surface area contributed by atoms with Crippen LogP contribution in [0, 0.1) is 0 Å². The van der Waals surface area contributed by atoms with E-state index in [9.17, 15) is 4.79 Å². The molecule has 0 saturated carbocycles. The van der Waals surface area contributed by atoms with E-state index in [1.54, 1.807) is 12.1 Å². The van der Waals surface area contributed by atoms with Crippen LogP contribution in [-0.2, 0) is 0 Å². The molecule has 1 aromatic carbocycles. The lowest BCUT2D eigenvalue weighted by Gasteiger charge is -2.13. The highest BCUT2D eigenvalue weighted by atomic mass is 79.9. The van der Waals surface area contributed by atoms with Crippen LogP contribution in [0.5, 0.6) is 0 Å². The van der Waals surface area contributed by atoms with E-state index in [1.165, 1.54) is 11.3 Å². The predicted octanol–water partition coefficient (Wildman–Crippen LogP) is 4.66. The third-order valence-corrected chi connectivity index (χ3v) is 4.22. The van der Waals surface area contributed by atoms with Crippen LogP contribution in [0.1, 0.15) is 28.2 Å². The van der Waals surface area contributed by atoms with E-state index in [1.807, 2.05) is 31.2 Å². The summed E-state index contributed by atoms with van der Waals surface area (Å²) in [6.45, 7) is 1.95. The second-order valence-corrected chi connectivity index (χ2v) is 6.48. The van der Waals surface area contributed by atoms with Gasteiger partial charge < -0.3 is 5.32 Å². The van der Waals surface area contributed by atoms with Crippen molar-refractivity contribution < 1.29 is 4.79 Å². The van der Waals surface area contributed by atoms with Crippen LogP contribution in [0.3, 0.4) is 0 Å². The zero-order valence-corrected chi connectivity index (χ0v) is 12.8. The molecule has 0 aliphatic carbocycles. The molecular weight excluding hydrogens is 334 g/mol. The Morgan fingerprint density at radius 2 is 2.17 bits per heavy atom. The van der Waals surface area contributed by atoms with E-state index in [2.05, 4.69) is 21.2 Å². The van der Waals surface area contributed by atoms with E-state index < -0.39 is 0 Å². The quantitative estimate of drug-likeness (QED) is 0.862. The molecule has 0 aliphatic rings. The van der Waals surface area contributed by atoms with Crippen molar-refractivity contribution in [2.24, 2.45) is 0 Å². The summed E-state index contributed by atoms with van der Waals surface area (Å²) in [5.41, 5.74) is 1.06. The molecule has 0 spiro atoms. The van der Waals surface area contributed by atoms with Crippen molar-refractivity contribution in [2.75, 3.05) is 0 Å². The van der Waals surface area contributed by atoms with Gasteiger partial charge in [0.05, 0.1) is 15.3 Å². The van der Waals surface area contributed by atoms with Gasteiger partial charge in [-0.15, -0.1) is 11.3 Å². The predicted molar refractivity (Wildman–Crippen MR) is 79.4 cm³/mol. The standard InChI is InChI=1S/C13H11BrClNOS/c1-8(9-3-2-4-10(14)7-9)16-13(17)11-5-6-12(15)18-11/h2-8H,1H3,(H,16,17). The van der Waals surface area contributed by atoms with Crippen molar-refractivity contribution in [3.8, 4) is 0 Å². The number of amides is 1. The lowest BCUT2D eigenvalue weighted by atomic mass is 10.1. The first-order valence-electron chi connectivity index (χ1n) is 5.38. The molecule has 18 heavy (non-hydrogen) atoms. The molecule has 0 aliphatic heterocycles. The molecule has 2 aromatic rings. The molecule has 94 valence electrons. The SMILES string of the molecule is CC(NC(=O)c1ccc(Cl)s1)c1cccc(Br)c1. The van der Waals surface area contributed by atoms with Gasteiger partial charge in [0.1, 0.15) is 0 Å². The van der Waals surface area contributed by atoms with Gasteiger partial charge in [-0.1, -0.05) is 39.7 Å². The average molecular weight is 345 g/mol. The summed E-state index contributed by atoms with van der Waals surface area (Å²) in [5, 5.41) is 2.95. The molecule has 1 unspecified atom stereocenters. The maximum absolute atomic E-state index is 12.0. The lowest BCUT2D eigenvalue weighted by Crippen LogP contribution is -2.25. The zero-order valence-electron chi connectivity index (χ0n) is 9.61. The number of nitrogens with one attached hydrogen (secondary N) is 1. The highest BCUT2D eigenvalue weighted by molar-refractivity contribution is 9.10. The highest BCUT2D eigenvalue weighted by Gasteiger charge is 2.13. The average Bonchev–Trinajstić information content (AvgIpc) is 2.76. The van der Waals surface area contributed by atoms with E-state index in [0.29, 0.717) is 9.21 Å². The first-order chi connectivity index (χ1) is 8.56. The molecule has 1 atom stereocenters. The maximum Gasteiger partial charge on any atom is 0.261 e. The third-order valence-electron chi connectivity index (χ3n) is 2.49. The summed E-state index contributed by atoms with van der Waals surface area (Å²) in [6, 6.07) is 11.3. The van der Waals surface area contributed by atoms with E-state index in [-0.39, 0.29) is 11.9 Å². The van der Waals surface area contributed by atoms with Crippen molar-refractivity contribution in [3.63, 3.8) is 0 Å². The molecule has 0 fully saturated rings. The lowest BCUT2D eigenvalue weighted by molar-refractivity contribution is 0.0944. The molecule has 0 bridgehead atoms. The van der Waals surface area contributed by atoms with Crippen LogP contribution in [-0.4, -0.2) is 5.91 Å². The molecule has 1 amide bonds. The number of carbonyl (C=O) groups is 1. The maximum atomic E-state index is 12.0. The van der Waals surface area contributed by atoms with Gasteiger partial charge in [-0.2, -0.15) is 0 Å². The van der Waals surface area contributed by atoms with Crippen molar-refractivity contribution in [1.82, 2.24) is 5.32 Å². The molecule has 2 nitrogen and oxygen atoms in total. The summed E-state index contributed by atoms with van der Waals surface area (Å²) >= 11 is 10.5. The summed E-state index contributed by atoms with van der Waals surface area (Å²) in [6.07, 6.45) is 0. The van der Waals surface area contributed by atoms with Gasteiger partial charge in [-0.3, -0.25) is 4.79 Å². The van der Waals surface area contributed by atoms with Crippen LogP contribution in [0.15, 0.2) is 40.9 Å². The van der Waals surface area contributed by atoms with E-state index in [0.717, 1.165) is 10.0 Å². The van der Waals surface area contributed by atoms with Crippen LogP contribution < -0.4 is 5.32 Å². The largest absolute Gasteiger partial charge is 0.345 e. The second-order valence-electron chi connectivity index (χ2n) is 3.85. The number of rotatable bonds is 3. The van der Waals surface area contributed by atoms with E-state index >= 15 is 0 Å². The fourth-order valence-corrected chi connectivity index (χ4v) is 2.93. The highest BCUT2D eigenvalue weighted by Crippen LogP contribution is 2.23. The van der Waals surface area contributed by atoms with Gasteiger partial charge >= 0.3 is 0 Å². The Hall–Kier alpha value is -0.840. The van der Waals surface area contributed by atoms with Gasteiger partial charge in [0.15, 0.2) is 0 Å². The molecule has 0 radical (unpaired) electrons. The van der Waals surface area contributed by atoms with Crippen molar-refractivity contribution >= 4 is 44.8 Å². The van der Waals surface area contributed by atoms with Gasteiger partial charge in [0.2, 0.25) is 0 Å². The number of hydrogen-bond donors (Lipinski definition) is 1. The van der Waals surface area contributed by atoms with Gasteiger partial charge in [0, 0.05) is 4.47 Å². The number of hydrogen-bond acceptors (Lipinski definition) is 2. The summed E-state index contributed by atoms with van der Waals surface area (Å²) in [5.74, 6) is -0.0978. The topological polar surface area (TPSA) is 29.1 Å². The summed E-state index contributed by atoms with van der Waals surface area (Å²) in [7, 11) is 0. The Morgan fingerprint density at radius 1 is 1.39 bits per heavy atom. The Balaban J connectivity index is 2.07. The summed E-state index contributed by atoms with van der Waals surface area (Å²) in [4.78, 5) is 12.6. The van der Waals surface area contributed by atoms with E-state index in [4.69, 9.17) is 11.6 Å². The molecule has 1 aromatic heterocycles. The summed E-state index contributed by atoms with van der Waals surface area (Å²) < 4.78 is 1.62. The fourth-order valence-electron chi connectivity index (χ4n) is 1.56. The molecule has 2 rings (SSSR count). The Morgan fingerprint density at radius 3 is 2.78 bits per heavy atom. The van der Waals surface area contributed by atoms with Crippen LogP contribution in [0.2, 0.25) is 4.34 Å².